The Morgan fingerprint density at radius 1 is 1.15 bits per heavy atom. The Bertz CT molecular complexity index is 394. The standard InChI is InChI=1S/C16H26FNO2/c1-12(2)10-18-11-14-5-6-16(15(17)9-14)20-8-7-19-13(3)4/h5-6,9,12-13,18H,7-8,10-11H2,1-4H3. The maximum absolute atomic E-state index is 13.8. The number of hydrogen-bond donors (Lipinski definition) is 1. The van der Waals surface area contributed by atoms with E-state index in [0.29, 0.717) is 25.7 Å². The van der Waals surface area contributed by atoms with Crippen LogP contribution in [0.2, 0.25) is 0 Å². The van der Waals surface area contributed by atoms with E-state index in [1.165, 1.54) is 6.07 Å². The molecule has 114 valence electrons. The zero-order valence-electron chi connectivity index (χ0n) is 12.9. The first-order valence-electron chi connectivity index (χ1n) is 7.22. The summed E-state index contributed by atoms with van der Waals surface area (Å²) in [4.78, 5) is 0. The van der Waals surface area contributed by atoms with Crippen LogP contribution in [0.4, 0.5) is 4.39 Å². The molecule has 1 N–H and O–H groups in total. The van der Waals surface area contributed by atoms with E-state index in [-0.39, 0.29) is 17.7 Å². The summed E-state index contributed by atoms with van der Waals surface area (Å²) in [6.45, 7) is 10.6. The van der Waals surface area contributed by atoms with Crippen LogP contribution in [0.25, 0.3) is 0 Å². The summed E-state index contributed by atoms with van der Waals surface area (Å²) in [7, 11) is 0. The molecule has 0 radical (unpaired) electrons. The van der Waals surface area contributed by atoms with Crippen LogP contribution in [0.1, 0.15) is 33.3 Å². The lowest BCUT2D eigenvalue weighted by Gasteiger charge is -2.11. The summed E-state index contributed by atoms with van der Waals surface area (Å²) in [5.41, 5.74) is 0.925. The Morgan fingerprint density at radius 2 is 1.90 bits per heavy atom. The Balaban J connectivity index is 2.39. The van der Waals surface area contributed by atoms with Crippen molar-refractivity contribution in [2.24, 2.45) is 5.92 Å². The lowest BCUT2D eigenvalue weighted by molar-refractivity contribution is 0.0544. The molecule has 3 nitrogen and oxygen atoms in total. The molecule has 0 amide bonds. The van der Waals surface area contributed by atoms with Crippen molar-refractivity contribution in [3.8, 4) is 5.75 Å². The molecule has 0 atom stereocenters. The minimum absolute atomic E-state index is 0.165. The van der Waals surface area contributed by atoms with Crippen molar-refractivity contribution in [1.29, 1.82) is 0 Å². The van der Waals surface area contributed by atoms with Gasteiger partial charge in [-0.25, -0.2) is 4.39 Å². The van der Waals surface area contributed by atoms with Crippen LogP contribution >= 0.6 is 0 Å². The van der Waals surface area contributed by atoms with Crippen molar-refractivity contribution >= 4 is 0 Å². The van der Waals surface area contributed by atoms with Crippen LogP contribution in [0.3, 0.4) is 0 Å². The third-order valence-electron chi connectivity index (χ3n) is 2.67. The molecule has 0 aromatic heterocycles. The molecule has 0 heterocycles. The van der Waals surface area contributed by atoms with Crippen molar-refractivity contribution in [1.82, 2.24) is 5.32 Å². The van der Waals surface area contributed by atoms with Crippen molar-refractivity contribution in [3.63, 3.8) is 0 Å². The summed E-state index contributed by atoms with van der Waals surface area (Å²) in [6.07, 6.45) is 0.165. The molecule has 0 unspecified atom stereocenters. The molecule has 0 aliphatic heterocycles. The molecule has 0 bridgehead atoms. The minimum Gasteiger partial charge on any atom is -0.488 e. The molecule has 1 rings (SSSR count). The van der Waals surface area contributed by atoms with Crippen LogP contribution in [0, 0.1) is 11.7 Å². The molecule has 0 spiro atoms. The summed E-state index contributed by atoms with van der Waals surface area (Å²) in [6, 6.07) is 5.08. The van der Waals surface area contributed by atoms with Gasteiger partial charge in [0, 0.05) is 6.54 Å². The van der Waals surface area contributed by atoms with Crippen LogP contribution in [0.5, 0.6) is 5.75 Å². The van der Waals surface area contributed by atoms with Gasteiger partial charge in [0.1, 0.15) is 6.61 Å². The number of rotatable bonds is 9. The summed E-state index contributed by atoms with van der Waals surface area (Å²) < 4.78 is 24.5. The smallest absolute Gasteiger partial charge is 0.165 e. The maximum atomic E-state index is 13.8. The zero-order valence-corrected chi connectivity index (χ0v) is 12.9. The lowest BCUT2D eigenvalue weighted by atomic mass is 10.2. The predicted molar refractivity (Wildman–Crippen MR) is 79.5 cm³/mol. The fourth-order valence-corrected chi connectivity index (χ4v) is 1.71. The van der Waals surface area contributed by atoms with Gasteiger partial charge >= 0.3 is 0 Å². The molecule has 0 saturated carbocycles. The van der Waals surface area contributed by atoms with E-state index < -0.39 is 0 Å². The second-order valence-electron chi connectivity index (χ2n) is 5.56. The van der Waals surface area contributed by atoms with E-state index in [1.54, 1.807) is 6.07 Å². The summed E-state index contributed by atoms with van der Waals surface area (Å²) in [5, 5.41) is 3.29. The largest absolute Gasteiger partial charge is 0.488 e. The van der Waals surface area contributed by atoms with Crippen molar-refractivity contribution in [2.75, 3.05) is 19.8 Å². The fourth-order valence-electron chi connectivity index (χ4n) is 1.71. The number of hydrogen-bond acceptors (Lipinski definition) is 3. The molecule has 0 fully saturated rings. The number of benzene rings is 1. The molecule has 1 aromatic rings. The minimum atomic E-state index is -0.321. The van der Waals surface area contributed by atoms with Crippen molar-refractivity contribution in [2.45, 2.75) is 40.3 Å². The Kier molecular flexibility index (Phi) is 7.55. The van der Waals surface area contributed by atoms with E-state index in [1.807, 2.05) is 19.9 Å². The van der Waals surface area contributed by atoms with E-state index in [0.717, 1.165) is 12.1 Å². The van der Waals surface area contributed by atoms with Crippen LogP contribution < -0.4 is 10.1 Å². The highest BCUT2D eigenvalue weighted by molar-refractivity contribution is 5.29. The second-order valence-corrected chi connectivity index (χ2v) is 5.56. The first-order chi connectivity index (χ1) is 9.49. The molecule has 0 aliphatic carbocycles. The highest BCUT2D eigenvalue weighted by atomic mass is 19.1. The number of ether oxygens (including phenoxy) is 2. The first-order valence-corrected chi connectivity index (χ1v) is 7.22. The zero-order chi connectivity index (χ0) is 15.0. The third-order valence-corrected chi connectivity index (χ3v) is 2.67. The Morgan fingerprint density at radius 3 is 2.50 bits per heavy atom. The first kappa shape index (κ1) is 16.9. The fraction of sp³-hybridized carbons (Fsp3) is 0.625. The molecule has 4 heteroatoms. The highest BCUT2D eigenvalue weighted by Gasteiger charge is 2.05. The van der Waals surface area contributed by atoms with Gasteiger partial charge in [-0.2, -0.15) is 0 Å². The third kappa shape index (κ3) is 6.87. The lowest BCUT2D eigenvalue weighted by Crippen LogP contribution is -2.19. The van der Waals surface area contributed by atoms with Crippen LogP contribution in [-0.4, -0.2) is 25.9 Å². The predicted octanol–water partition coefficient (Wildman–Crippen LogP) is 3.38. The van der Waals surface area contributed by atoms with Gasteiger partial charge in [0.15, 0.2) is 11.6 Å². The van der Waals surface area contributed by atoms with Crippen LogP contribution in [-0.2, 0) is 11.3 Å². The van der Waals surface area contributed by atoms with Gasteiger partial charge in [-0.3, -0.25) is 0 Å². The molecular formula is C16H26FNO2. The van der Waals surface area contributed by atoms with Crippen molar-refractivity contribution < 1.29 is 13.9 Å². The molecule has 1 aromatic carbocycles. The average Bonchev–Trinajstić information content (AvgIpc) is 2.36. The summed E-state index contributed by atoms with van der Waals surface area (Å²) in [5.74, 6) is 0.548. The van der Waals surface area contributed by atoms with E-state index in [9.17, 15) is 4.39 Å². The number of nitrogens with one attached hydrogen (secondary N) is 1. The van der Waals surface area contributed by atoms with Crippen LogP contribution in [0.15, 0.2) is 18.2 Å². The molecule has 0 saturated heterocycles. The average molecular weight is 283 g/mol. The van der Waals surface area contributed by atoms with Gasteiger partial charge in [0.2, 0.25) is 0 Å². The van der Waals surface area contributed by atoms with Gasteiger partial charge in [-0.1, -0.05) is 19.9 Å². The second kappa shape index (κ2) is 8.93. The monoisotopic (exact) mass is 283 g/mol. The number of halogens is 1. The Hall–Kier alpha value is -1.13. The van der Waals surface area contributed by atoms with Gasteiger partial charge in [0.25, 0.3) is 0 Å². The summed E-state index contributed by atoms with van der Waals surface area (Å²) >= 11 is 0. The normalized spacial score (nSPS) is 11.3. The maximum Gasteiger partial charge on any atom is 0.165 e. The topological polar surface area (TPSA) is 30.5 Å². The molecular weight excluding hydrogens is 257 g/mol. The van der Waals surface area contributed by atoms with Gasteiger partial charge in [-0.15, -0.1) is 0 Å². The molecule has 0 aliphatic rings. The Labute approximate surface area is 121 Å². The van der Waals surface area contributed by atoms with Crippen molar-refractivity contribution in [3.05, 3.63) is 29.6 Å². The van der Waals surface area contributed by atoms with E-state index in [4.69, 9.17) is 9.47 Å². The van der Waals surface area contributed by atoms with Gasteiger partial charge in [0.05, 0.1) is 12.7 Å². The molecule has 20 heavy (non-hydrogen) atoms. The van der Waals surface area contributed by atoms with Gasteiger partial charge < -0.3 is 14.8 Å². The SMILES string of the molecule is CC(C)CNCc1ccc(OCCOC(C)C)c(F)c1. The highest BCUT2D eigenvalue weighted by Crippen LogP contribution is 2.18. The van der Waals surface area contributed by atoms with E-state index in [2.05, 4.69) is 19.2 Å². The quantitative estimate of drug-likeness (QED) is 0.705. The van der Waals surface area contributed by atoms with Gasteiger partial charge in [-0.05, 0) is 44.0 Å². The van der Waals surface area contributed by atoms with E-state index >= 15 is 0 Å².